The molecule has 4 nitrogen and oxygen atoms in total. The van der Waals surface area contributed by atoms with Crippen LogP contribution in [0.25, 0.3) is 23.3 Å². The van der Waals surface area contributed by atoms with Gasteiger partial charge in [0.2, 0.25) is 0 Å². The van der Waals surface area contributed by atoms with Gasteiger partial charge in [0.15, 0.2) is 0 Å². The molecule has 0 N–H and O–H groups in total. The molecule has 228 valence electrons. The van der Waals surface area contributed by atoms with Gasteiger partial charge in [0.05, 0.1) is 0 Å². The number of ether oxygens (including phenoxy) is 2. The highest BCUT2D eigenvalue weighted by Gasteiger charge is 2.61. The average molecular weight is 621 g/mol. The Kier molecular flexibility index (Phi) is 8.69. The van der Waals surface area contributed by atoms with Crippen LogP contribution >= 0.6 is 0 Å². The zero-order valence-electron chi connectivity index (χ0n) is 26.9. The predicted octanol–water partition coefficient (Wildman–Crippen LogP) is 10.4. The summed E-state index contributed by atoms with van der Waals surface area (Å²) in [6.45, 7) is 20.7. The minimum Gasteiger partial charge on any atom is -0.540 e. The smallest absolute Gasteiger partial charge is 0.290 e. The molecule has 6 heteroatoms. The van der Waals surface area contributed by atoms with Crippen LogP contribution in [0.2, 0.25) is 25.7 Å². The molecule has 4 aromatic rings. The Bertz CT molecular complexity index is 1480. The van der Waals surface area contributed by atoms with Gasteiger partial charge in [-0.3, -0.25) is 0 Å². The molecule has 0 bridgehead atoms. The summed E-state index contributed by atoms with van der Waals surface area (Å²) in [5.41, 5.74) is 4.41. The largest absolute Gasteiger partial charge is 0.540 e. The molecule has 0 aromatic heterocycles. The zero-order chi connectivity index (χ0) is 31.6. The third-order valence-electron chi connectivity index (χ3n) is 9.35. The maximum atomic E-state index is 6.69. The third kappa shape index (κ3) is 6.57. The third-order valence-corrected chi connectivity index (χ3v) is 17.6. The van der Waals surface area contributed by atoms with E-state index in [1.165, 1.54) is 0 Å². The van der Waals surface area contributed by atoms with Gasteiger partial charge in [-0.15, -0.1) is 0 Å². The van der Waals surface area contributed by atoms with Crippen LogP contribution in [-0.2, 0) is 0 Å². The second-order valence-electron chi connectivity index (χ2n) is 13.0. The molecule has 44 heavy (non-hydrogen) atoms. The molecule has 0 saturated carbocycles. The summed E-state index contributed by atoms with van der Waals surface area (Å²) in [7, 11) is -4.43. The highest BCUT2D eigenvalue weighted by molar-refractivity contribution is 6.79. The Labute approximate surface area is 265 Å². The van der Waals surface area contributed by atoms with Crippen molar-refractivity contribution in [2.24, 2.45) is 0 Å². The van der Waals surface area contributed by atoms with E-state index in [-0.39, 0.29) is 5.22 Å². The molecule has 1 fully saturated rings. The molecule has 4 aromatic carbocycles. The van der Waals surface area contributed by atoms with Crippen molar-refractivity contribution in [2.45, 2.75) is 63.3 Å². The van der Waals surface area contributed by atoms with Crippen LogP contribution in [0.15, 0.2) is 110 Å². The lowest BCUT2D eigenvalue weighted by molar-refractivity contribution is 0.110. The van der Waals surface area contributed by atoms with Crippen LogP contribution in [0.3, 0.4) is 0 Å². The van der Waals surface area contributed by atoms with Crippen molar-refractivity contribution in [1.82, 2.24) is 0 Å². The highest BCUT2D eigenvalue weighted by atomic mass is 28.4. The molecule has 0 aliphatic carbocycles. The molecular formula is C38H44O4Si2. The molecule has 1 saturated heterocycles. The lowest BCUT2D eigenvalue weighted by Gasteiger charge is -2.52. The zero-order valence-corrected chi connectivity index (χ0v) is 28.9. The minimum atomic E-state index is -2.29. The van der Waals surface area contributed by atoms with Crippen LogP contribution < -0.4 is 18.3 Å². The molecule has 2 atom stereocenters. The Balaban J connectivity index is 1.21. The summed E-state index contributed by atoms with van der Waals surface area (Å²) in [6.07, 6.45) is 4.67. The van der Waals surface area contributed by atoms with Crippen LogP contribution in [0.4, 0.5) is 0 Å². The van der Waals surface area contributed by atoms with E-state index in [0.717, 1.165) is 57.7 Å². The van der Waals surface area contributed by atoms with Crippen molar-refractivity contribution in [2.75, 3.05) is 0 Å². The van der Waals surface area contributed by atoms with E-state index in [9.17, 15) is 0 Å². The summed E-state index contributed by atoms with van der Waals surface area (Å²) in [5.74, 6) is 3.46. The first-order chi connectivity index (χ1) is 20.9. The van der Waals surface area contributed by atoms with E-state index in [4.69, 9.17) is 18.3 Å². The summed E-state index contributed by atoms with van der Waals surface area (Å²) in [5, 5.41) is -0.733. The van der Waals surface area contributed by atoms with Gasteiger partial charge in [0.1, 0.15) is 33.4 Å². The minimum absolute atomic E-state index is 0.274. The maximum absolute atomic E-state index is 6.69. The van der Waals surface area contributed by atoms with Crippen LogP contribution in [0.1, 0.15) is 38.3 Å². The van der Waals surface area contributed by atoms with Crippen molar-refractivity contribution in [1.29, 1.82) is 0 Å². The van der Waals surface area contributed by atoms with E-state index in [2.05, 4.69) is 90.0 Å². The van der Waals surface area contributed by atoms with Gasteiger partial charge >= 0.3 is 0 Å². The second kappa shape index (κ2) is 12.2. The molecule has 0 amide bonds. The topological polar surface area (TPSA) is 36.9 Å². The van der Waals surface area contributed by atoms with Gasteiger partial charge in [-0.1, -0.05) is 73.8 Å². The van der Waals surface area contributed by atoms with E-state index >= 15 is 0 Å². The molecule has 0 spiro atoms. The van der Waals surface area contributed by atoms with Gasteiger partial charge in [-0.25, -0.2) is 0 Å². The normalized spacial score (nSPS) is 19.8. The van der Waals surface area contributed by atoms with E-state index < -0.39 is 21.9 Å². The van der Waals surface area contributed by atoms with E-state index in [0.29, 0.717) is 0 Å². The van der Waals surface area contributed by atoms with Crippen molar-refractivity contribution < 1.29 is 18.3 Å². The predicted molar refractivity (Wildman–Crippen MR) is 188 cm³/mol. The summed E-state index contributed by atoms with van der Waals surface area (Å²) in [4.78, 5) is 0. The molecule has 5 rings (SSSR count). The first kappa shape index (κ1) is 31.4. The lowest BCUT2D eigenvalue weighted by Crippen LogP contribution is -2.70. The van der Waals surface area contributed by atoms with Crippen LogP contribution in [-0.4, -0.2) is 27.1 Å². The number of benzene rings is 4. The Morgan fingerprint density at radius 1 is 0.705 bits per heavy atom. The van der Waals surface area contributed by atoms with Crippen molar-refractivity contribution in [3.8, 4) is 34.1 Å². The monoisotopic (exact) mass is 620 g/mol. The number of hydrogen-bond donors (Lipinski definition) is 0. The van der Waals surface area contributed by atoms with Crippen molar-refractivity contribution in [3.05, 3.63) is 121 Å². The fourth-order valence-electron chi connectivity index (χ4n) is 5.28. The molecule has 0 radical (unpaired) electrons. The number of rotatable bonds is 12. The second-order valence-corrected chi connectivity index (χ2v) is 21.6. The van der Waals surface area contributed by atoms with Crippen LogP contribution in [0, 0.1) is 0 Å². The number of hydrogen-bond acceptors (Lipinski definition) is 4. The molecule has 1 aliphatic rings. The lowest BCUT2D eigenvalue weighted by atomic mass is 10.1. The summed E-state index contributed by atoms with van der Waals surface area (Å²) >= 11 is 0. The van der Waals surface area contributed by atoms with Gasteiger partial charge < -0.3 is 18.3 Å². The van der Waals surface area contributed by atoms with Gasteiger partial charge in [-0.2, -0.15) is 0 Å². The Morgan fingerprint density at radius 3 is 1.61 bits per heavy atom. The molecule has 1 aliphatic heterocycles. The SMILES string of the molecule is C=Cc1ccc(OC2(C)CC[Si]2(C)Oc2ccc(-c3ccc(OC(C)(C)[Si](C)(C)Oc4ccc(C=C)cc4)cc3)cc2)cc1. The summed E-state index contributed by atoms with van der Waals surface area (Å²) in [6, 6.07) is 33.9. The standard InChI is InChI=1S/C38H44O4Si2/c1-9-29-11-19-34(20-12-29)40-38(5)27-28-44(38,8)42-36-25-17-32(18-26-36)31-15-23-33(24-16-31)39-37(3,4)43(6,7)41-35-21-13-30(10-2)14-22-35/h9-26H,1-2,27-28H2,3-8H3. The van der Waals surface area contributed by atoms with Gasteiger partial charge in [0.25, 0.3) is 16.6 Å². The van der Waals surface area contributed by atoms with Crippen LogP contribution in [0.5, 0.6) is 23.0 Å². The fraction of sp³-hybridized carbons (Fsp3) is 0.263. The van der Waals surface area contributed by atoms with Crippen molar-refractivity contribution in [3.63, 3.8) is 0 Å². The van der Waals surface area contributed by atoms with Crippen molar-refractivity contribution >= 4 is 28.8 Å². The summed E-state index contributed by atoms with van der Waals surface area (Å²) < 4.78 is 26.2. The van der Waals surface area contributed by atoms with E-state index in [1.807, 2.05) is 72.8 Å². The highest BCUT2D eigenvalue weighted by Crippen LogP contribution is 2.45. The fourth-order valence-corrected chi connectivity index (χ4v) is 9.58. The first-order valence-electron chi connectivity index (χ1n) is 15.3. The molecular weight excluding hydrogens is 577 g/mol. The Morgan fingerprint density at radius 2 is 1.16 bits per heavy atom. The van der Waals surface area contributed by atoms with Gasteiger partial charge in [-0.05, 0) is 124 Å². The molecule has 1 heterocycles. The van der Waals surface area contributed by atoms with E-state index in [1.54, 1.807) is 0 Å². The van der Waals surface area contributed by atoms with Gasteiger partial charge in [0, 0.05) is 0 Å². The maximum Gasteiger partial charge on any atom is 0.290 e. The first-order valence-corrected chi connectivity index (χ1v) is 20.8. The Hall–Kier alpha value is -4.01. The average Bonchev–Trinajstić information content (AvgIpc) is 3.01. The quantitative estimate of drug-likeness (QED) is 0.148. The molecule has 2 unspecified atom stereocenters.